The molecule has 1 saturated heterocycles. The molecular formula is C18H24O3. The first kappa shape index (κ1) is 12.8. The highest BCUT2D eigenvalue weighted by Crippen LogP contribution is 2.74. The van der Waals surface area contributed by atoms with Crippen molar-refractivity contribution in [2.24, 2.45) is 17.3 Å². The first-order chi connectivity index (χ1) is 10.0. The van der Waals surface area contributed by atoms with Crippen LogP contribution in [-0.4, -0.2) is 28.2 Å². The number of epoxide rings is 1. The number of rotatable bonds is 0. The van der Waals surface area contributed by atoms with Crippen molar-refractivity contribution in [3.63, 3.8) is 0 Å². The lowest BCUT2D eigenvalue weighted by Crippen LogP contribution is -2.52. The SMILES string of the molecule is C[C@]12CC[C@]34O[C@]35CCC(=O)C=C5CC[C@H]4[C@@H]1CC[C@@H]2O. The Bertz CT molecular complexity index is 567. The molecule has 4 fully saturated rings. The molecule has 114 valence electrons. The molecule has 0 amide bonds. The lowest BCUT2D eigenvalue weighted by Gasteiger charge is -2.50. The zero-order valence-electron chi connectivity index (χ0n) is 12.7. The lowest BCUT2D eigenvalue weighted by atomic mass is 9.52. The molecule has 4 aliphatic carbocycles. The monoisotopic (exact) mass is 288 g/mol. The maximum atomic E-state index is 11.7. The van der Waals surface area contributed by atoms with Crippen LogP contribution in [-0.2, 0) is 9.53 Å². The Morgan fingerprint density at radius 1 is 1.14 bits per heavy atom. The molecule has 0 aromatic carbocycles. The number of ether oxygens (including phenoxy) is 1. The summed E-state index contributed by atoms with van der Waals surface area (Å²) >= 11 is 0. The lowest BCUT2D eigenvalue weighted by molar-refractivity contribution is -0.115. The van der Waals surface area contributed by atoms with Gasteiger partial charge in [0.25, 0.3) is 0 Å². The van der Waals surface area contributed by atoms with E-state index in [0.29, 0.717) is 18.3 Å². The minimum Gasteiger partial charge on any atom is -0.393 e. The fourth-order valence-corrected chi connectivity index (χ4v) is 6.60. The predicted molar refractivity (Wildman–Crippen MR) is 77.7 cm³/mol. The van der Waals surface area contributed by atoms with Gasteiger partial charge in [-0.15, -0.1) is 0 Å². The third kappa shape index (κ3) is 1.28. The normalized spacial score (nSPS) is 57.7. The van der Waals surface area contributed by atoms with Crippen LogP contribution in [0.3, 0.4) is 0 Å². The van der Waals surface area contributed by atoms with Gasteiger partial charge in [0.05, 0.1) is 6.10 Å². The standard InChI is InChI=1S/C18H24O3/c1-16-8-9-18-14(13(16)4-5-15(16)20)3-2-11-10-12(19)6-7-17(11,18)21-18/h10,13-15,20H,2-9H2,1H3/t13-,14-,15-,16-,17-,18+/m0/s1. The quantitative estimate of drug-likeness (QED) is 0.697. The minimum atomic E-state index is -0.126. The second-order valence-electron chi connectivity index (χ2n) is 8.31. The molecule has 0 bridgehead atoms. The van der Waals surface area contributed by atoms with Crippen molar-refractivity contribution in [1.29, 1.82) is 0 Å². The summed E-state index contributed by atoms with van der Waals surface area (Å²) in [6.45, 7) is 2.30. The predicted octanol–water partition coefficient (Wildman–Crippen LogP) is 2.76. The van der Waals surface area contributed by atoms with Gasteiger partial charge in [-0.25, -0.2) is 0 Å². The van der Waals surface area contributed by atoms with Gasteiger partial charge in [0.15, 0.2) is 5.78 Å². The Hall–Kier alpha value is -0.670. The summed E-state index contributed by atoms with van der Waals surface area (Å²) in [7, 11) is 0. The molecule has 0 aromatic heterocycles. The molecular weight excluding hydrogens is 264 g/mol. The molecule has 3 heteroatoms. The van der Waals surface area contributed by atoms with Crippen molar-refractivity contribution >= 4 is 5.78 Å². The number of aliphatic hydroxyl groups excluding tert-OH is 1. The average Bonchev–Trinajstić information content (AvgIpc) is 3.04. The van der Waals surface area contributed by atoms with Crippen molar-refractivity contribution in [3.05, 3.63) is 11.6 Å². The van der Waals surface area contributed by atoms with E-state index in [1.54, 1.807) is 0 Å². The molecule has 3 saturated carbocycles. The molecule has 2 spiro atoms. The Kier molecular flexibility index (Phi) is 2.21. The van der Waals surface area contributed by atoms with Gasteiger partial charge in [-0.1, -0.05) is 6.92 Å². The molecule has 0 radical (unpaired) electrons. The number of aliphatic hydroxyl groups is 1. The summed E-state index contributed by atoms with van der Waals surface area (Å²) in [5.74, 6) is 1.50. The Labute approximate surface area is 125 Å². The number of hydrogen-bond acceptors (Lipinski definition) is 3. The third-order valence-electron chi connectivity index (χ3n) is 7.78. The van der Waals surface area contributed by atoms with Gasteiger partial charge in [-0.3, -0.25) is 4.79 Å². The first-order valence-electron chi connectivity index (χ1n) is 8.64. The molecule has 1 heterocycles. The van der Waals surface area contributed by atoms with Crippen LogP contribution in [0.15, 0.2) is 11.6 Å². The molecule has 3 nitrogen and oxygen atoms in total. The van der Waals surface area contributed by atoms with E-state index in [1.807, 2.05) is 6.08 Å². The molecule has 5 rings (SSSR count). The van der Waals surface area contributed by atoms with E-state index >= 15 is 0 Å². The van der Waals surface area contributed by atoms with Crippen molar-refractivity contribution in [3.8, 4) is 0 Å². The Balaban J connectivity index is 1.56. The molecule has 0 unspecified atom stereocenters. The number of carbonyl (C=O) groups is 1. The summed E-state index contributed by atoms with van der Waals surface area (Å²) in [5.41, 5.74) is 1.33. The van der Waals surface area contributed by atoms with Gasteiger partial charge in [0.2, 0.25) is 0 Å². The maximum Gasteiger partial charge on any atom is 0.155 e. The van der Waals surface area contributed by atoms with E-state index in [4.69, 9.17) is 4.74 Å². The fraction of sp³-hybridized carbons (Fsp3) is 0.833. The molecule has 6 atom stereocenters. The topological polar surface area (TPSA) is 49.8 Å². The van der Waals surface area contributed by atoms with Crippen molar-refractivity contribution in [1.82, 2.24) is 0 Å². The number of hydrogen-bond donors (Lipinski definition) is 1. The first-order valence-corrected chi connectivity index (χ1v) is 8.64. The van der Waals surface area contributed by atoms with Gasteiger partial charge in [0.1, 0.15) is 11.2 Å². The highest BCUT2D eigenvalue weighted by Gasteiger charge is 2.79. The Morgan fingerprint density at radius 3 is 2.86 bits per heavy atom. The van der Waals surface area contributed by atoms with E-state index in [0.717, 1.165) is 44.9 Å². The van der Waals surface area contributed by atoms with E-state index in [1.165, 1.54) is 5.57 Å². The summed E-state index contributed by atoms with van der Waals surface area (Å²) in [4.78, 5) is 11.7. The van der Waals surface area contributed by atoms with E-state index < -0.39 is 0 Å². The van der Waals surface area contributed by atoms with Crippen LogP contribution in [0.4, 0.5) is 0 Å². The van der Waals surface area contributed by atoms with Crippen LogP contribution in [0.25, 0.3) is 0 Å². The van der Waals surface area contributed by atoms with Crippen LogP contribution in [0, 0.1) is 17.3 Å². The third-order valence-corrected chi connectivity index (χ3v) is 7.78. The second kappa shape index (κ2) is 3.62. The number of fused-ring (bicyclic) bond motifs is 2. The van der Waals surface area contributed by atoms with E-state index in [9.17, 15) is 9.90 Å². The van der Waals surface area contributed by atoms with Crippen molar-refractivity contribution in [2.75, 3.05) is 0 Å². The summed E-state index contributed by atoms with van der Waals surface area (Å²) < 4.78 is 6.50. The molecule has 21 heavy (non-hydrogen) atoms. The van der Waals surface area contributed by atoms with E-state index in [2.05, 4.69) is 6.92 Å². The second-order valence-corrected chi connectivity index (χ2v) is 8.31. The fourth-order valence-electron chi connectivity index (χ4n) is 6.60. The molecule has 0 aromatic rings. The summed E-state index contributed by atoms with van der Waals surface area (Å²) in [5, 5.41) is 10.4. The highest BCUT2D eigenvalue weighted by molar-refractivity contribution is 5.92. The molecule has 5 aliphatic rings. The molecule has 1 aliphatic heterocycles. The largest absolute Gasteiger partial charge is 0.393 e. The summed E-state index contributed by atoms with van der Waals surface area (Å²) in [6.07, 6.45) is 9.78. The smallest absolute Gasteiger partial charge is 0.155 e. The summed E-state index contributed by atoms with van der Waals surface area (Å²) in [6, 6.07) is 0. The van der Waals surface area contributed by atoms with Gasteiger partial charge >= 0.3 is 0 Å². The van der Waals surface area contributed by atoms with Crippen LogP contribution < -0.4 is 0 Å². The Morgan fingerprint density at radius 2 is 2.00 bits per heavy atom. The van der Waals surface area contributed by atoms with Gasteiger partial charge in [-0.05, 0) is 73.8 Å². The van der Waals surface area contributed by atoms with Crippen LogP contribution in [0.5, 0.6) is 0 Å². The average molecular weight is 288 g/mol. The zero-order chi connectivity index (χ0) is 14.5. The van der Waals surface area contributed by atoms with E-state index in [-0.39, 0.29) is 28.5 Å². The number of ketones is 1. The van der Waals surface area contributed by atoms with Crippen LogP contribution in [0.2, 0.25) is 0 Å². The van der Waals surface area contributed by atoms with Crippen molar-refractivity contribution < 1.29 is 14.6 Å². The highest BCUT2D eigenvalue weighted by atomic mass is 16.6. The van der Waals surface area contributed by atoms with Crippen LogP contribution >= 0.6 is 0 Å². The minimum absolute atomic E-state index is 0.0199. The molecule has 1 N–H and O–H groups in total. The maximum absolute atomic E-state index is 11.7. The van der Waals surface area contributed by atoms with Gasteiger partial charge in [-0.2, -0.15) is 0 Å². The van der Waals surface area contributed by atoms with Gasteiger partial charge < -0.3 is 9.84 Å². The zero-order valence-corrected chi connectivity index (χ0v) is 12.7. The van der Waals surface area contributed by atoms with Crippen LogP contribution in [0.1, 0.15) is 58.3 Å². The van der Waals surface area contributed by atoms with Crippen molar-refractivity contribution in [2.45, 2.75) is 75.6 Å². The number of carbonyl (C=O) groups excluding carboxylic acids is 1. The van der Waals surface area contributed by atoms with Gasteiger partial charge in [0, 0.05) is 6.42 Å².